The highest BCUT2D eigenvalue weighted by Gasteiger charge is 2.31. The molecule has 0 spiro atoms. The highest BCUT2D eigenvalue weighted by molar-refractivity contribution is 5.73. The maximum atomic E-state index is 14.6. The first-order valence-corrected chi connectivity index (χ1v) is 11.1. The summed E-state index contributed by atoms with van der Waals surface area (Å²) in [6.07, 6.45) is 0.245. The molecule has 35 heavy (non-hydrogen) atoms. The molecule has 2 N–H and O–H groups in total. The van der Waals surface area contributed by atoms with Crippen LogP contribution in [0.2, 0.25) is 0 Å². The second kappa shape index (κ2) is 9.85. The number of nitrogens with one attached hydrogen (secondary N) is 2. The molecule has 11 heteroatoms. The van der Waals surface area contributed by atoms with Gasteiger partial charge in [-0.1, -0.05) is 12.1 Å². The molecule has 2 aromatic heterocycles. The lowest BCUT2D eigenvalue weighted by Gasteiger charge is -2.29. The summed E-state index contributed by atoms with van der Waals surface area (Å²) in [5.74, 6) is -0.563. The number of carbonyl (C=O) groups excluding carboxylic acids is 1. The predicted octanol–water partition coefficient (Wildman–Crippen LogP) is 4.31. The molecule has 0 unspecified atom stereocenters. The Morgan fingerprint density at radius 2 is 1.80 bits per heavy atom. The zero-order valence-electron chi connectivity index (χ0n) is 18.8. The van der Waals surface area contributed by atoms with E-state index in [0.717, 1.165) is 42.5 Å². The molecule has 0 radical (unpaired) electrons. The van der Waals surface area contributed by atoms with Crippen LogP contribution in [0.25, 0.3) is 16.9 Å². The third kappa shape index (κ3) is 5.84. The van der Waals surface area contributed by atoms with Crippen LogP contribution in [-0.4, -0.2) is 32.5 Å². The summed E-state index contributed by atoms with van der Waals surface area (Å²) < 4.78 is 54.8. The maximum Gasteiger partial charge on any atom is 0.417 e. The van der Waals surface area contributed by atoms with Gasteiger partial charge in [0, 0.05) is 42.5 Å². The van der Waals surface area contributed by atoms with E-state index in [1.54, 1.807) is 6.07 Å². The van der Waals surface area contributed by atoms with Crippen LogP contribution in [0, 0.1) is 5.82 Å². The van der Waals surface area contributed by atoms with Gasteiger partial charge in [-0.2, -0.15) is 13.2 Å². The van der Waals surface area contributed by atoms with Crippen molar-refractivity contribution in [1.82, 2.24) is 19.9 Å². The van der Waals surface area contributed by atoms with Crippen LogP contribution in [0.1, 0.15) is 38.2 Å². The zero-order valence-corrected chi connectivity index (χ0v) is 18.8. The minimum Gasteiger partial charge on any atom is -0.354 e. The quantitative estimate of drug-likeness (QED) is 0.522. The lowest BCUT2D eigenvalue weighted by atomic mass is 9.91. The predicted molar refractivity (Wildman–Crippen MR) is 122 cm³/mol. The normalized spacial score (nSPS) is 18.2. The fourth-order valence-corrected chi connectivity index (χ4v) is 4.15. The first-order chi connectivity index (χ1) is 16.6. The molecule has 1 saturated carbocycles. The summed E-state index contributed by atoms with van der Waals surface area (Å²) in [7, 11) is 0. The number of nitrogens with zero attached hydrogens (tertiary/aromatic N) is 3. The van der Waals surface area contributed by atoms with E-state index in [1.165, 1.54) is 25.1 Å². The van der Waals surface area contributed by atoms with Crippen LogP contribution in [0.4, 0.5) is 23.5 Å². The first-order valence-electron chi connectivity index (χ1n) is 11.1. The van der Waals surface area contributed by atoms with E-state index in [9.17, 15) is 27.2 Å². The van der Waals surface area contributed by atoms with E-state index in [4.69, 9.17) is 0 Å². The Balaban J connectivity index is 1.57. The van der Waals surface area contributed by atoms with Gasteiger partial charge in [-0.05, 0) is 43.9 Å². The van der Waals surface area contributed by atoms with Crippen molar-refractivity contribution < 1.29 is 22.4 Å². The molecule has 0 saturated heterocycles. The van der Waals surface area contributed by atoms with Crippen LogP contribution >= 0.6 is 0 Å². The van der Waals surface area contributed by atoms with E-state index in [-0.39, 0.29) is 40.9 Å². The van der Waals surface area contributed by atoms with Crippen molar-refractivity contribution in [2.45, 2.75) is 50.9 Å². The SMILES string of the molecule is CC(=O)N[C@H]1CC[C@H](Nc2ncc(F)c(-c3cccc(-n4cc(C(F)(F)F)ccc4=O)c3)n2)CC1. The molecule has 3 aromatic rings. The first kappa shape index (κ1) is 24.4. The van der Waals surface area contributed by atoms with Crippen molar-refractivity contribution >= 4 is 11.9 Å². The van der Waals surface area contributed by atoms with Crippen LogP contribution in [0.15, 0.2) is 53.6 Å². The monoisotopic (exact) mass is 489 g/mol. The van der Waals surface area contributed by atoms with Crippen LogP contribution in [0.5, 0.6) is 0 Å². The number of rotatable bonds is 5. The van der Waals surface area contributed by atoms with Gasteiger partial charge in [0.2, 0.25) is 11.9 Å². The average molecular weight is 489 g/mol. The van der Waals surface area contributed by atoms with Crippen molar-refractivity contribution in [3.8, 4) is 16.9 Å². The minimum atomic E-state index is -4.62. The fourth-order valence-electron chi connectivity index (χ4n) is 4.15. The highest BCUT2D eigenvalue weighted by Crippen LogP contribution is 2.29. The zero-order chi connectivity index (χ0) is 25.2. The van der Waals surface area contributed by atoms with E-state index in [0.29, 0.717) is 12.3 Å². The van der Waals surface area contributed by atoms with Crippen molar-refractivity contribution in [1.29, 1.82) is 0 Å². The van der Waals surface area contributed by atoms with Gasteiger partial charge >= 0.3 is 6.18 Å². The van der Waals surface area contributed by atoms with Crippen LogP contribution in [-0.2, 0) is 11.0 Å². The topological polar surface area (TPSA) is 88.9 Å². The fraction of sp³-hybridized carbons (Fsp3) is 0.333. The molecule has 0 aliphatic heterocycles. The number of benzene rings is 1. The van der Waals surface area contributed by atoms with Gasteiger partial charge in [0.1, 0.15) is 5.69 Å². The van der Waals surface area contributed by atoms with Crippen molar-refractivity contribution in [3.05, 3.63) is 70.5 Å². The van der Waals surface area contributed by atoms with Gasteiger partial charge in [0.05, 0.1) is 11.8 Å². The molecular formula is C24H23F4N5O2. The second-order valence-corrected chi connectivity index (χ2v) is 8.46. The van der Waals surface area contributed by atoms with Gasteiger partial charge in [-0.15, -0.1) is 0 Å². The molecule has 1 aliphatic rings. The highest BCUT2D eigenvalue weighted by atomic mass is 19.4. The molecule has 1 amide bonds. The van der Waals surface area contributed by atoms with Gasteiger partial charge in [-0.25, -0.2) is 14.4 Å². The summed E-state index contributed by atoms with van der Waals surface area (Å²) in [5, 5.41) is 6.09. The molecule has 1 fully saturated rings. The number of amides is 1. The molecule has 0 bridgehead atoms. The lowest BCUT2D eigenvalue weighted by molar-refractivity contribution is -0.138. The number of anilines is 1. The molecule has 7 nitrogen and oxygen atoms in total. The number of hydrogen-bond acceptors (Lipinski definition) is 5. The minimum absolute atomic E-state index is 0.0451. The van der Waals surface area contributed by atoms with Crippen molar-refractivity contribution in [2.24, 2.45) is 0 Å². The molecule has 2 heterocycles. The number of pyridine rings is 1. The summed E-state index contributed by atoms with van der Waals surface area (Å²) in [4.78, 5) is 31.8. The van der Waals surface area contributed by atoms with E-state index in [2.05, 4.69) is 20.6 Å². The number of hydrogen-bond donors (Lipinski definition) is 2. The lowest BCUT2D eigenvalue weighted by Crippen LogP contribution is -2.39. The van der Waals surface area contributed by atoms with Crippen LogP contribution in [0.3, 0.4) is 0 Å². The van der Waals surface area contributed by atoms with Gasteiger partial charge in [-0.3, -0.25) is 14.2 Å². The van der Waals surface area contributed by atoms with Gasteiger partial charge < -0.3 is 10.6 Å². The van der Waals surface area contributed by atoms with Crippen molar-refractivity contribution in [2.75, 3.05) is 5.32 Å². The Bertz CT molecular complexity index is 1280. The maximum absolute atomic E-state index is 14.6. The number of halogens is 4. The van der Waals surface area contributed by atoms with E-state index < -0.39 is 23.1 Å². The molecule has 0 atom stereocenters. The third-order valence-electron chi connectivity index (χ3n) is 5.85. The summed E-state index contributed by atoms with van der Waals surface area (Å²) >= 11 is 0. The Morgan fingerprint density at radius 3 is 2.49 bits per heavy atom. The summed E-state index contributed by atoms with van der Waals surface area (Å²) in [5.41, 5.74) is -1.26. The summed E-state index contributed by atoms with van der Waals surface area (Å²) in [6.45, 7) is 1.48. The molecule has 1 aromatic carbocycles. The van der Waals surface area contributed by atoms with Crippen LogP contribution < -0.4 is 16.2 Å². The molecule has 184 valence electrons. The Kier molecular flexibility index (Phi) is 6.86. The molecular weight excluding hydrogens is 466 g/mol. The third-order valence-corrected chi connectivity index (χ3v) is 5.85. The Hall–Kier alpha value is -3.76. The second-order valence-electron chi connectivity index (χ2n) is 8.46. The Labute approximate surface area is 198 Å². The smallest absolute Gasteiger partial charge is 0.354 e. The van der Waals surface area contributed by atoms with Gasteiger partial charge in [0.25, 0.3) is 5.56 Å². The molecule has 1 aliphatic carbocycles. The average Bonchev–Trinajstić information content (AvgIpc) is 2.81. The number of alkyl halides is 3. The molecule has 4 rings (SSSR count). The standard InChI is InChI=1S/C24H23F4N5O2/c1-14(34)30-17-6-8-18(9-7-17)31-23-29-12-20(25)22(32-23)15-3-2-4-19(11-15)33-13-16(24(26,27)28)5-10-21(33)35/h2-5,10-13,17-18H,6-9H2,1H3,(H,30,34)(H,29,31,32)/t17-,18-. The summed E-state index contributed by atoms with van der Waals surface area (Å²) in [6, 6.07) is 7.64. The van der Waals surface area contributed by atoms with Gasteiger partial charge in [0.15, 0.2) is 5.82 Å². The number of carbonyl (C=O) groups is 1. The largest absolute Gasteiger partial charge is 0.417 e. The van der Waals surface area contributed by atoms with Crippen molar-refractivity contribution in [3.63, 3.8) is 0 Å². The number of aromatic nitrogens is 3. The Morgan fingerprint density at radius 1 is 1.09 bits per heavy atom. The van der Waals surface area contributed by atoms with E-state index >= 15 is 0 Å². The van der Waals surface area contributed by atoms with E-state index in [1.807, 2.05) is 0 Å².